The molecule has 1 aliphatic heterocycles. The Labute approximate surface area is 160 Å². The number of rotatable bonds is 8. The molecule has 1 heterocycles. The van der Waals surface area contributed by atoms with Gasteiger partial charge in [-0.2, -0.15) is 0 Å². The van der Waals surface area contributed by atoms with Gasteiger partial charge >= 0.3 is 0 Å². The molecule has 0 spiro atoms. The van der Waals surface area contributed by atoms with E-state index in [1.807, 2.05) is 48.5 Å². The molecule has 0 bridgehead atoms. The molecule has 1 saturated heterocycles. The van der Waals surface area contributed by atoms with Gasteiger partial charge in [-0.15, -0.1) is 0 Å². The first-order valence-electron chi connectivity index (χ1n) is 9.47. The molecule has 3 rings (SSSR count). The van der Waals surface area contributed by atoms with Crippen molar-refractivity contribution in [2.24, 2.45) is 0 Å². The molecule has 1 fully saturated rings. The van der Waals surface area contributed by atoms with Crippen LogP contribution in [0.5, 0.6) is 11.5 Å². The summed E-state index contributed by atoms with van der Waals surface area (Å²) >= 11 is 0. The fourth-order valence-electron chi connectivity index (χ4n) is 3.17. The lowest BCUT2D eigenvalue weighted by atomic mass is 10.0. The molecule has 1 N–H and O–H groups in total. The Morgan fingerprint density at radius 2 is 1.93 bits per heavy atom. The number of aliphatic hydroxyl groups is 1. The number of benzene rings is 2. The molecule has 1 aliphatic rings. The van der Waals surface area contributed by atoms with Crippen molar-refractivity contribution in [1.29, 1.82) is 0 Å². The third-order valence-electron chi connectivity index (χ3n) is 4.63. The molecular weight excluding hydrogens is 344 g/mol. The Bertz CT molecular complexity index is 695. The van der Waals surface area contributed by atoms with E-state index in [1.54, 1.807) is 14.0 Å². The Hall–Kier alpha value is -2.08. The summed E-state index contributed by atoms with van der Waals surface area (Å²) in [6, 6.07) is 15.6. The average Bonchev–Trinajstić information content (AvgIpc) is 2.71. The Balaban J connectivity index is 1.72. The minimum absolute atomic E-state index is 0.279. The molecule has 0 aliphatic carbocycles. The van der Waals surface area contributed by atoms with Gasteiger partial charge in [0.25, 0.3) is 0 Å². The molecule has 5 heteroatoms. The second-order valence-corrected chi connectivity index (χ2v) is 6.78. The van der Waals surface area contributed by atoms with Crippen LogP contribution in [-0.2, 0) is 16.1 Å². The molecule has 27 heavy (non-hydrogen) atoms. The van der Waals surface area contributed by atoms with Crippen LogP contribution in [0.15, 0.2) is 48.5 Å². The Kier molecular flexibility index (Phi) is 7.10. The standard InChI is InChI=1S/C22H28O5/c1-16(23)22(27-21-10-6-7-13-25-21)18-11-12-19(20(14-18)24-2)26-15-17-8-4-3-5-9-17/h3-5,8-9,11-12,14,16,21-23H,6-7,10,13,15H2,1-2H3/t16-,21-,22+/m1/s1. The molecule has 0 saturated carbocycles. The van der Waals surface area contributed by atoms with Crippen LogP contribution < -0.4 is 9.47 Å². The quantitative estimate of drug-likeness (QED) is 0.751. The van der Waals surface area contributed by atoms with Crippen molar-refractivity contribution in [3.63, 3.8) is 0 Å². The highest BCUT2D eigenvalue weighted by molar-refractivity contribution is 5.44. The van der Waals surface area contributed by atoms with Crippen molar-refractivity contribution >= 4 is 0 Å². The van der Waals surface area contributed by atoms with Gasteiger partial charge in [0.15, 0.2) is 17.8 Å². The van der Waals surface area contributed by atoms with Gasteiger partial charge in [-0.25, -0.2) is 0 Å². The summed E-state index contributed by atoms with van der Waals surface area (Å²) in [6.45, 7) is 2.88. The van der Waals surface area contributed by atoms with Crippen LogP contribution >= 0.6 is 0 Å². The monoisotopic (exact) mass is 372 g/mol. The molecule has 0 amide bonds. The van der Waals surface area contributed by atoms with E-state index in [9.17, 15) is 5.11 Å². The SMILES string of the molecule is COc1cc([C@@H](O[C@@H]2CCCCO2)[C@@H](C)O)ccc1OCc1ccccc1. The summed E-state index contributed by atoms with van der Waals surface area (Å²) in [6.07, 6.45) is 1.55. The molecule has 0 aromatic heterocycles. The number of aliphatic hydroxyl groups excluding tert-OH is 1. The maximum Gasteiger partial charge on any atom is 0.161 e. The Morgan fingerprint density at radius 3 is 2.59 bits per heavy atom. The molecule has 146 valence electrons. The van der Waals surface area contributed by atoms with E-state index in [1.165, 1.54) is 0 Å². The van der Waals surface area contributed by atoms with Crippen molar-refractivity contribution in [3.8, 4) is 11.5 Å². The van der Waals surface area contributed by atoms with Gasteiger partial charge in [0.05, 0.1) is 13.2 Å². The summed E-state index contributed by atoms with van der Waals surface area (Å²) in [7, 11) is 1.61. The predicted molar refractivity (Wildman–Crippen MR) is 103 cm³/mol. The third-order valence-corrected chi connectivity index (χ3v) is 4.63. The van der Waals surface area contributed by atoms with E-state index < -0.39 is 12.2 Å². The van der Waals surface area contributed by atoms with Crippen LogP contribution in [0, 0.1) is 0 Å². The van der Waals surface area contributed by atoms with E-state index in [4.69, 9.17) is 18.9 Å². The second-order valence-electron chi connectivity index (χ2n) is 6.78. The van der Waals surface area contributed by atoms with Crippen LogP contribution in [0.3, 0.4) is 0 Å². The lowest BCUT2D eigenvalue weighted by Crippen LogP contribution is -2.28. The van der Waals surface area contributed by atoms with Crippen molar-refractivity contribution in [2.75, 3.05) is 13.7 Å². The maximum atomic E-state index is 10.2. The minimum atomic E-state index is -0.670. The Morgan fingerprint density at radius 1 is 1.11 bits per heavy atom. The second kappa shape index (κ2) is 9.74. The summed E-state index contributed by atoms with van der Waals surface area (Å²) in [4.78, 5) is 0. The highest BCUT2D eigenvalue weighted by Gasteiger charge is 2.25. The summed E-state index contributed by atoms with van der Waals surface area (Å²) in [5, 5.41) is 10.2. The van der Waals surface area contributed by atoms with Gasteiger partial charge in [0, 0.05) is 6.61 Å². The zero-order valence-electron chi connectivity index (χ0n) is 16.0. The summed E-state index contributed by atoms with van der Waals surface area (Å²) in [5.74, 6) is 1.27. The number of ether oxygens (including phenoxy) is 4. The van der Waals surface area contributed by atoms with Crippen LogP contribution in [-0.4, -0.2) is 31.2 Å². The minimum Gasteiger partial charge on any atom is -0.493 e. The van der Waals surface area contributed by atoms with Crippen LogP contribution in [0.4, 0.5) is 0 Å². The van der Waals surface area contributed by atoms with Crippen molar-refractivity contribution in [1.82, 2.24) is 0 Å². The fourth-order valence-corrected chi connectivity index (χ4v) is 3.17. The van der Waals surface area contributed by atoms with E-state index in [0.717, 1.165) is 30.4 Å². The molecule has 2 aromatic rings. The average molecular weight is 372 g/mol. The normalized spacial score (nSPS) is 19.3. The number of hydrogen-bond donors (Lipinski definition) is 1. The smallest absolute Gasteiger partial charge is 0.161 e. The van der Waals surface area contributed by atoms with E-state index in [-0.39, 0.29) is 6.29 Å². The summed E-state index contributed by atoms with van der Waals surface area (Å²) < 4.78 is 23.1. The van der Waals surface area contributed by atoms with Crippen LogP contribution in [0.1, 0.15) is 43.4 Å². The number of hydrogen-bond acceptors (Lipinski definition) is 5. The first-order chi connectivity index (χ1) is 13.2. The number of methoxy groups -OCH3 is 1. The molecule has 3 atom stereocenters. The molecule has 0 radical (unpaired) electrons. The molecule has 5 nitrogen and oxygen atoms in total. The van der Waals surface area contributed by atoms with E-state index in [2.05, 4.69) is 0 Å². The van der Waals surface area contributed by atoms with Crippen LogP contribution in [0.2, 0.25) is 0 Å². The van der Waals surface area contributed by atoms with Crippen molar-refractivity contribution in [2.45, 2.75) is 51.3 Å². The van der Waals surface area contributed by atoms with Crippen molar-refractivity contribution in [3.05, 3.63) is 59.7 Å². The summed E-state index contributed by atoms with van der Waals surface area (Å²) in [5.41, 5.74) is 1.92. The first kappa shape index (κ1) is 19.7. The topological polar surface area (TPSA) is 57.2 Å². The van der Waals surface area contributed by atoms with Gasteiger partial charge in [-0.3, -0.25) is 0 Å². The van der Waals surface area contributed by atoms with Gasteiger partial charge in [-0.05, 0) is 49.4 Å². The highest BCUT2D eigenvalue weighted by atomic mass is 16.7. The van der Waals surface area contributed by atoms with Gasteiger partial charge in [0.2, 0.25) is 0 Å². The third kappa shape index (κ3) is 5.45. The van der Waals surface area contributed by atoms with Crippen LogP contribution in [0.25, 0.3) is 0 Å². The molecule has 0 unspecified atom stereocenters. The fraction of sp³-hybridized carbons (Fsp3) is 0.455. The first-order valence-corrected chi connectivity index (χ1v) is 9.47. The lowest BCUT2D eigenvalue weighted by Gasteiger charge is -2.29. The van der Waals surface area contributed by atoms with E-state index >= 15 is 0 Å². The largest absolute Gasteiger partial charge is 0.493 e. The van der Waals surface area contributed by atoms with Gasteiger partial charge in [-0.1, -0.05) is 36.4 Å². The zero-order valence-corrected chi connectivity index (χ0v) is 16.0. The molecule has 2 aromatic carbocycles. The van der Waals surface area contributed by atoms with Crippen molar-refractivity contribution < 1.29 is 24.1 Å². The highest BCUT2D eigenvalue weighted by Crippen LogP contribution is 2.34. The van der Waals surface area contributed by atoms with Gasteiger partial charge in [0.1, 0.15) is 12.7 Å². The molecular formula is C22H28O5. The van der Waals surface area contributed by atoms with Gasteiger partial charge < -0.3 is 24.1 Å². The maximum absolute atomic E-state index is 10.2. The lowest BCUT2D eigenvalue weighted by molar-refractivity contribution is -0.207. The zero-order chi connectivity index (χ0) is 19.1. The predicted octanol–water partition coefficient (Wildman–Crippen LogP) is 4.24. The van der Waals surface area contributed by atoms with E-state index in [0.29, 0.717) is 24.7 Å².